The molecule has 0 aliphatic rings. The van der Waals surface area contributed by atoms with Crippen molar-refractivity contribution in [2.45, 2.75) is 138 Å². The number of aliphatic imine (C=N–C) groups is 1. The number of rotatable bonds is 30. The maximum absolute atomic E-state index is 11.3. The SMILES string of the molecule is C[C@H](N)C(=O)OC(=O)[C@@H](N)CCCN=C(N)N.Cl.Cl.Cl.NCCCC[C@H](N)C(=O)O.N[C@@H](CC(=O)O)C(=O)[O-].N[C@@H](CC(=O)O)C(=O)[O-].N[C@@H](CCC(=O)O)C(=O)[O-].N[C@@H](CCC(=O)O)C(=O)[O-].N[C@@H](CO)C(=O)O.N[C@@H](Cc1cnc[nH]1)C(=O)O.[K+].[K+].[Na+].[Na+]. The van der Waals surface area contributed by atoms with Crippen LogP contribution in [0.1, 0.15) is 83.2 Å². The molecule has 504 valence electrons. The van der Waals surface area contributed by atoms with Gasteiger partial charge in [-0.3, -0.25) is 38.6 Å². The molecule has 1 aromatic rings. The first-order valence-corrected chi connectivity index (χ1v) is 23.3. The van der Waals surface area contributed by atoms with Crippen molar-refractivity contribution in [3.63, 3.8) is 0 Å². The zero-order valence-corrected chi connectivity index (χ0v) is 62.6. The number of ether oxygens (including phenoxy) is 1. The van der Waals surface area contributed by atoms with Gasteiger partial charge < -0.3 is 159 Å². The summed E-state index contributed by atoms with van der Waals surface area (Å²) in [6.07, 6.45) is 4.49. The molecule has 0 radical (unpaired) electrons. The molecular formula is C42H80Cl3K2N15Na2O26. The first-order chi connectivity index (χ1) is 38.0. The van der Waals surface area contributed by atoms with Crippen molar-refractivity contribution >= 4 is 121 Å². The second-order valence-corrected chi connectivity index (χ2v) is 15.9. The van der Waals surface area contributed by atoms with Gasteiger partial charge in [-0.05, 0) is 52.0 Å². The minimum absolute atomic E-state index is 0. The van der Waals surface area contributed by atoms with Crippen molar-refractivity contribution in [2.75, 3.05) is 19.7 Å². The maximum Gasteiger partial charge on any atom is 1.00 e. The van der Waals surface area contributed by atoms with Crippen LogP contribution in [-0.4, -0.2) is 208 Å². The zero-order valence-electron chi connectivity index (χ0n) is 49.9. The number of unbranched alkanes of at least 4 members (excludes halogenated alkanes) is 1. The number of carbonyl (C=O) groups is 13. The number of aliphatic hydroxyl groups is 1. The number of carbonyl (C=O) groups excluding carboxylic acids is 6. The molecule has 0 spiro atoms. The number of esters is 2. The van der Waals surface area contributed by atoms with Crippen LogP contribution in [0.5, 0.6) is 0 Å². The third-order valence-corrected chi connectivity index (χ3v) is 8.29. The van der Waals surface area contributed by atoms with E-state index in [9.17, 15) is 82.8 Å². The Morgan fingerprint density at radius 1 is 0.522 bits per heavy atom. The van der Waals surface area contributed by atoms with E-state index < -0.39 is 151 Å². The van der Waals surface area contributed by atoms with Crippen LogP contribution in [0.2, 0.25) is 0 Å². The number of hydrogen-bond donors (Lipinski definition) is 21. The van der Waals surface area contributed by atoms with E-state index in [1.54, 1.807) is 6.20 Å². The van der Waals surface area contributed by atoms with Crippen LogP contribution < -0.4 is 251 Å². The Labute approximate surface area is 662 Å². The van der Waals surface area contributed by atoms with Crippen LogP contribution >= 0.6 is 37.2 Å². The Balaban J connectivity index is -0.0000000612. The van der Waals surface area contributed by atoms with Crippen LogP contribution in [0.25, 0.3) is 0 Å². The van der Waals surface area contributed by atoms with E-state index in [2.05, 4.69) is 19.7 Å². The zero-order chi connectivity index (χ0) is 66.7. The molecule has 1 aromatic heterocycles. The fourth-order valence-electron chi connectivity index (χ4n) is 3.67. The summed E-state index contributed by atoms with van der Waals surface area (Å²) < 4.78 is 4.44. The Kier molecular flexibility index (Phi) is 104. The number of H-pyrrole nitrogens is 1. The third kappa shape index (κ3) is 94.2. The molecule has 1 rings (SSSR count). The first-order valence-electron chi connectivity index (χ1n) is 23.3. The second kappa shape index (κ2) is 77.2. The van der Waals surface area contributed by atoms with E-state index >= 15 is 0 Å². The van der Waals surface area contributed by atoms with Gasteiger partial charge in [0.05, 0.1) is 61.7 Å². The molecule has 9 atom stereocenters. The van der Waals surface area contributed by atoms with Gasteiger partial charge in [0, 0.05) is 49.8 Å². The van der Waals surface area contributed by atoms with Gasteiger partial charge in [-0.1, -0.05) is 6.42 Å². The predicted molar refractivity (Wildman–Crippen MR) is 294 cm³/mol. The molecular weight excluding hydrogens is 1360 g/mol. The predicted octanol–water partition coefficient (Wildman–Crippen LogP) is -24.7. The van der Waals surface area contributed by atoms with E-state index in [0.717, 1.165) is 18.5 Å². The number of nitrogens with two attached hydrogens (primary N) is 12. The Bertz CT molecular complexity index is 2100. The number of halogens is 3. The van der Waals surface area contributed by atoms with Gasteiger partial charge in [0.1, 0.15) is 30.2 Å². The number of guanidine groups is 1. The second-order valence-electron chi connectivity index (χ2n) is 15.9. The number of aliphatic carboxylic acids is 11. The molecule has 0 amide bonds. The Morgan fingerprint density at radius 3 is 1.11 bits per heavy atom. The van der Waals surface area contributed by atoms with Crippen LogP contribution in [-0.2, 0) is 73.5 Å². The summed E-state index contributed by atoms with van der Waals surface area (Å²) in [6.45, 7) is 1.88. The molecule has 48 heteroatoms. The van der Waals surface area contributed by atoms with Crippen LogP contribution in [0, 0.1) is 0 Å². The van der Waals surface area contributed by atoms with E-state index in [1.165, 1.54) is 13.3 Å². The number of aromatic nitrogens is 2. The molecule has 0 bridgehead atoms. The van der Waals surface area contributed by atoms with E-state index in [-0.39, 0.29) is 237 Å². The van der Waals surface area contributed by atoms with E-state index in [1.807, 2.05) is 0 Å². The Hall–Kier alpha value is -2.51. The fraction of sp³-hybridized carbons (Fsp3) is 0.595. The smallest absolute Gasteiger partial charge is 0.548 e. The topological polar surface area (TPSA) is 839 Å². The largest absolute Gasteiger partial charge is 1.00 e. The first kappa shape index (κ1) is 121. The standard InChI is InChI=1S/C9H19N5O3.C6H9N3O2.C6H14N2O2.2C5H9NO4.2C4H7NO4.C3H7NO3.3ClH.2K.2Na/c1-5(10)7(15)17-8(16)6(11)3-2-4-14-9(12)13;7-5(6(10)11)1-4-2-8-3-9-4;7-4-2-1-3-5(8)6(9)10;2*6-3(5(9)10)1-2-4(7)8;2*5-2(4(8)9)1-3(6)7;4-2(1-5)3(6)7;;;;;;;/h5-6H,2-4,10-11H2,1H3,(H4,12,13,14);2-3,5H,1,7H2,(H,8,9)(H,10,11);5H,1-4,7-8H2,(H,9,10);2*3H,1-2,6H2,(H,7,8)(H,9,10);2*2H,1,5H2,(H,6,7)(H,8,9);2,5H,1,4H2,(H,6,7);3*1H;;;;/q;;;;;;;;;;;4*+1/p-4/t5-,6-;2*5-;2*3-;3*2-;;;;;;;/m00000000......./s1. The van der Waals surface area contributed by atoms with Crippen molar-refractivity contribution in [3.8, 4) is 0 Å². The monoisotopic (exact) mass is 1440 g/mol. The molecule has 0 unspecified atom stereocenters. The van der Waals surface area contributed by atoms with Gasteiger partial charge in [0.2, 0.25) is 0 Å². The fourth-order valence-corrected chi connectivity index (χ4v) is 3.67. The molecule has 90 heavy (non-hydrogen) atoms. The van der Waals surface area contributed by atoms with Crippen molar-refractivity contribution in [3.05, 3.63) is 18.2 Å². The summed E-state index contributed by atoms with van der Waals surface area (Å²) in [4.78, 5) is 141. The van der Waals surface area contributed by atoms with Gasteiger partial charge >= 0.3 is 216 Å². The van der Waals surface area contributed by atoms with Crippen LogP contribution in [0.15, 0.2) is 17.5 Å². The molecule has 0 fully saturated rings. The summed E-state index contributed by atoms with van der Waals surface area (Å²) in [7, 11) is 0. The molecule has 0 saturated carbocycles. The van der Waals surface area contributed by atoms with Crippen LogP contribution in [0.4, 0.5) is 0 Å². The maximum atomic E-state index is 11.3. The van der Waals surface area contributed by atoms with Gasteiger partial charge in [-0.2, -0.15) is 0 Å². The average Bonchev–Trinajstić information content (AvgIpc) is 3.89. The summed E-state index contributed by atoms with van der Waals surface area (Å²) in [5.41, 5.74) is 61.6. The van der Waals surface area contributed by atoms with Crippen molar-refractivity contribution < 1.29 is 290 Å². The quantitative estimate of drug-likeness (QED) is 0.00849. The number of carboxylic acid groups (broad SMARTS) is 11. The number of nitrogens with zero attached hydrogens (tertiary/aromatic N) is 2. The van der Waals surface area contributed by atoms with E-state index in [0.29, 0.717) is 32.4 Å². The molecule has 33 N–H and O–H groups in total. The van der Waals surface area contributed by atoms with Crippen molar-refractivity contribution in [2.24, 2.45) is 73.8 Å². The summed E-state index contributed by atoms with van der Waals surface area (Å²) in [6, 6.07) is -9.57. The normalized spacial score (nSPS) is 11.9. The number of imidazole rings is 1. The molecule has 0 aromatic carbocycles. The van der Waals surface area contributed by atoms with Gasteiger partial charge in [0.15, 0.2) is 5.96 Å². The molecule has 0 aliphatic carbocycles. The summed E-state index contributed by atoms with van der Waals surface area (Å²) in [5.74, 6) is -15.2. The van der Waals surface area contributed by atoms with Crippen molar-refractivity contribution in [1.82, 2.24) is 9.97 Å². The average molecular weight is 1440 g/mol. The van der Waals surface area contributed by atoms with E-state index in [4.69, 9.17) is 110 Å². The number of hydrogen-bond acceptors (Lipinski definition) is 31. The Morgan fingerprint density at radius 2 is 0.878 bits per heavy atom. The number of aliphatic hydroxyl groups excluding tert-OH is 1. The molecule has 0 aliphatic heterocycles. The molecule has 0 saturated heterocycles. The number of nitrogens with one attached hydrogen (secondary N) is 1. The van der Waals surface area contributed by atoms with Gasteiger partial charge in [-0.15, -0.1) is 37.2 Å². The van der Waals surface area contributed by atoms with Gasteiger partial charge in [-0.25, -0.2) is 14.6 Å². The summed E-state index contributed by atoms with van der Waals surface area (Å²) in [5, 5.41) is 104. The van der Waals surface area contributed by atoms with Gasteiger partial charge in [0.25, 0.3) is 0 Å². The number of carboxylic acids is 11. The van der Waals surface area contributed by atoms with Crippen LogP contribution in [0.3, 0.4) is 0 Å². The third-order valence-electron chi connectivity index (χ3n) is 8.29. The van der Waals surface area contributed by atoms with Crippen molar-refractivity contribution in [1.29, 1.82) is 0 Å². The molecule has 41 nitrogen and oxygen atoms in total. The number of aromatic amines is 1. The summed E-state index contributed by atoms with van der Waals surface area (Å²) >= 11 is 0. The molecule has 1 heterocycles. The minimum Gasteiger partial charge on any atom is -0.548 e. The minimum atomic E-state index is -1.54.